The lowest BCUT2D eigenvalue weighted by molar-refractivity contribution is 0.0746. The predicted molar refractivity (Wildman–Crippen MR) is 55.2 cm³/mol. The second-order valence-corrected chi connectivity index (χ2v) is 4.02. The number of hydrogen-bond acceptors (Lipinski definition) is 2. The first-order chi connectivity index (χ1) is 6.95. The Labute approximate surface area is 83.6 Å². The number of rotatable bonds is 1. The summed E-state index contributed by atoms with van der Waals surface area (Å²) < 4.78 is 0. The zero-order valence-electron chi connectivity index (χ0n) is 8.02. The molecule has 1 aliphatic carbocycles. The summed E-state index contributed by atoms with van der Waals surface area (Å²) in [6.07, 6.45) is 4.05. The SMILES string of the molecule is c1ccc(C2=NO[C@@H]3CCC[C@H]23)cc1. The summed E-state index contributed by atoms with van der Waals surface area (Å²) in [6, 6.07) is 10.4. The van der Waals surface area contributed by atoms with Crippen LogP contribution in [0.5, 0.6) is 0 Å². The van der Waals surface area contributed by atoms with Crippen molar-refractivity contribution in [1.29, 1.82) is 0 Å². The number of hydrogen-bond donors (Lipinski definition) is 0. The molecule has 14 heavy (non-hydrogen) atoms. The average molecular weight is 187 g/mol. The van der Waals surface area contributed by atoms with Crippen molar-refractivity contribution < 1.29 is 4.84 Å². The average Bonchev–Trinajstić information content (AvgIpc) is 2.79. The van der Waals surface area contributed by atoms with E-state index in [9.17, 15) is 0 Å². The van der Waals surface area contributed by atoms with Gasteiger partial charge in [-0.2, -0.15) is 0 Å². The van der Waals surface area contributed by atoms with Crippen LogP contribution >= 0.6 is 0 Å². The van der Waals surface area contributed by atoms with Gasteiger partial charge in [0.2, 0.25) is 0 Å². The summed E-state index contributed by atoms with van der Waals surface area (Å²) in [4.78, 5) is 5.43. The van der Waals surface area contributed by atoms with E-state index in [-0.39, 0.29) is 0 Å². The molecule has 1 heterocycles. The van der Waals surface area contributed by atoms with E-state index >= 15 is 0 Å². The normalized spacial score (nSPS) is 29.6. The predicted octanol–water partition coefficient (Wildman–Crippen LogP) is 2.59. The molecule has 2 nitrogen and oxygen atoms in total. The maximum Gasteiger partial charge on any atom is 0.136 e. The van der Waals surface area contributed by atoms with Gasteiger partial charge in [0.1, 0.15) is 6.10 Å². The minimum atomic E-state index is 0.366. The molecule has 1 fully saturated rings. The van der Waals surface area contributed by atoms with E-state index in [0.717, 1.165) is 5.71 Å². The van der Waals surface area contributed by atoms with Gasteiger partial charge in [0.25, 0.3) is 0 Å². The second-order valence-electron chi connectivity index (χ2n) is 4.02. The molecular formula is C12H13NO. The fraction of sp³-hybridized carbons (Fsp3) is 0.417. The van der Waals surface area contributed by atoms with Gasteiger partial charge in [-0.05, 0) is 24.8 Å². The lowest BCUT2D eigenvalue weighted by atomic mass is 9.95. The topological polar surface area (TPSA) is 21.6 Å². The fourth-order valence-electron chi connectivity index (χ4n) is 2.43. The third kappa shape index (κ3) is 1.14. The number of oxime groups is 1. The summed E-state index contributed by atoms with van der Waals surface area (Å²) >= 11 is 0. The van der Waals surface area contributed by atoms with Gasteiger partial charge in [0.15, 0.2) is 0 Å². The third-order valence-corrected chi connectivity index (χ3v) is 3.16. The highest BCUT2D eigenvalue weighted by atomic mass is 16.6. The standard InChI is InChI=1S/C12H13NO/c1-2-5-9(6-3-1)12-10-7-4-8-11(10)14-13-12/h1-3,5-6,10-11H,4,7-8H2/t10-,11+/m0/s1. The quantitative estimate of drug-likeness (QED) is 0.662. The van der Waals surface area contributed by atoms with Gasteiger partial charge >= 0.3 is 0 Å². The maximum atomic E-state index is 5.43. The summed E-state index contributed by atoms with van der Waals surface area (Å²) in [5.41, 5.74) is 2.38. The zero-order chi connectivity index (χ0) is 9.38. The van der Waals surface area contributed by atoms with E-state index in [0.29, 0.717) is 12.0 Å². The van der Waals surface area contributed by atoms with Gasteiger partial charge in [0, 0.05) is 5.92 Å². The van der Waals surface area contributed by atoms with Gasteiger partial charge in [-0.1, -0.05) is 35.5 Å². The molecule has 72 valence electrons. The van der Waals surface area contributed by atoms with Crippen molar-refractivity contribution in [3.05, 3.63) is 35.9 Å². The van der Waals surface area contributed by atoms with E-state index in [4.69, 9.17) is 4.84 Å². The highest BCUT2D eigenvalue weighted by molar-refractivity contribution is 6.03. The van der Waals surface area contributed by atoms with Crippen LogP contribution in [-0.2, 0) is 4.84 Å². The molecule has 1 aromatic rings. The van der Waals surface area contributed by atoms with Crippen LogP contribution in [0.1, 0.15) is 24.8 Å². The van der Waals surface area contributed by atoms with E-state index < -0.39 is 0 Å². The van der Waals surface area contributed by atoms with Gasteiger partial charge in [0.05, 0.1) is 5.71 Å². The lowest BCUT2D eigenvalue weighted by Gasteiger charge is -2.08. The molecule has 3 rings (SSSR count). The number of benzene rings is 1. The van der Waals surface area contributed by atoms with Crippen molar-refractivity contribution >= 4 is 5.71 Å². The van der Waals surface area contributed by atoms with Gasteiger partial charge in [-0.15, -0.1) is 0 Å². The van der Waals surface area contributed by atoms with Crippen LogP contribution in [0.15, 0.2) is 35.5 Å². The minimum Gasteiger partial charge on any atom is -0.392 e. The van der Waals surface area contributed by atoms with E-state index in [1.54, 1.807) is 0 Å². The van der Waals surface area contributed by atoms with Gasteiger partial charge in [-0.3, -0.25) is 0 Å². The molecule has 0 N–H and O–H groups in total. The van der Waals surface area contributed by atoms with Gasteiger partial charge < -0.3 is 4.84 Å². The van der Waals surface area contributed by atoms with Crippen molar-refractivity contribution in [3.63, 3.8) is 0 Å². The Balaban J connectivity index is 1.93. The Kier molecular flexibility index (Phi) is 1.79. The van der Waals surface area contributed by atoms with Crippen LogP contribution in [-0.4, -0.2) is 11.8 Å². The molecule has 0 aromatic heterocycles. The maximum absolute atomic E-state index is 5.43. The monoisotopic (exact) mass is 187 g/mol. The van der Waals surface area contributed by atoms with Crippen LogP contribution in [0.3, 0.4) is 0 Å². The molecule has 0 saturated heterocycles. The molecule has 1 saturated carbocycles. The Morgan fingerprint density at radius 1 is 1.14 bits per heavy atom. The molecule has 1 aromatic carbocycles. The Morgan fingerprint density at radius 3 is 2.86 bits per heavy atom. The van der Waals surface area contributed by atoms with Crippen molar-refractivity contribution in [2.24, 2.45) is 11.1 Å². The molecular weight excluding hydrogens is 174 g/mol. The molecule has 0 unspecified atom stereocenters. The van der Waals surface area contributed by atoms with Crippen molar-refractivity contribution in [3.8, 4) is 0 Å². The Hall–Kier alpha value is -1.31. The van der Waals surface area contributed by atoms with E-state index in [1.165, 1.54) is 24.8 Å². The molecule has 2 atom stereocenters. The van der Waals surface area contributed by atoms with Crippen molar-refractivity contribution in [2.75, 3.05) is 0 Å². The molecule has 2 aliphatic rings. The van der Waals surface area contributed by atoms with Crippen LogP contribution in [0.2, 0.25) is 0 Å². The molecule has 0 amide bonds. The van der Waals surface area contributed by atoms with Crippen LogP contribution in [0, 0.1) is 5.92 Å². The number of fused-ring (bicyclic) bond motifs is 1. The van der Waals surface area contributed by atoms with E-state index in [2.05, 4.69) is 29.4 Å². The van der Waals surface area contributed by atoms with E-state index in [1.807, 2.05) is 6.07 Å². The molecule has 2 heteroatoms. The number of nitrogens with zero attached hydrogens (tertiary/aromatic N) is 1. The van der Waals surface area contributed by atoms with Crippen LogP contribution in [0.4, 0.5) is 0 Å². The van der Waals surface area contributed by atoms with Crippen LogP contribution in [0.25, 0.3) is 0 Å². The first-order valence-corrected chi connectivity index (χ1v) is 5.24. The highest BCUT2D eigenvalue weighted by Crippen LogP contribution is 2.35. The Bertz CT molecular complexity index is 358. The summed E-state index contributed by atoms with van der Waals surface area (Å²) in [5, 5.41) is 4.21. The largest absolute Gasteiger partial charge is 0.392 e. The summed E-state index contributed by atoms with van der Waals surface area (Å²) in [5.74, 6) is 0.553. The van der Waals surface area contributed by atoms with Crippen molar-refractivity contribution in [1.82, 2.24) is 0 Å². The fourth-order valence-corrected chi connectivity index (χ4v) is 2.43. The highest BCUT2D eigenvalue weighted by Gasteiger charge is 2.38. The molecule has 0 bridgehead atoms. The second kappa shape index (κ2) is 3.12. The Morgan fingerprint density at radius 2 is 2.00 bits per heavy atom. The third-order valence-electron chi connectivity index (χ3n) is 3.16. The molecule has 0 spiro atoms. The summed E-state index contributed by atoms with van der Waals surface area (Å²) in [6.45, 7) is 0. The molecule has 0 radical (unpaired) electrons. The van der Waals surface area contributed by atoms with Crippen LogP contribution < -0.4 is 0 Å². The lowest BCUT2D eigenvalue weighted by Crippen LogP contribution is -2.17. The smallest absolute Gasteiger partial charge is 0.136 e. The summed E-state index contributed by atoms with van der Waals surface area (Å²) in [7, 11) is 0. The minimum absolute atomic E-state index is 0.366. The van der Waals surface area contributed by atoms with Gasteiger partial charge in [-0.25, -0.2) is 0 Å². The zero-order valence-corrected chi connectivity index (χ0v) is 8.02. The first-order valence-electron chi connectivity index (χ1n) is 5.24. The molecule has 1 aliphatic heterocycles. The van der Waals surface area contributed by atoms with Crippen molar-refractivity contribution in [2.45, 2.75) is 25.4 Å². The first kappa shape index (κ1) is 8.04.